The minimum absolute atomic E-state index is 0.0205. The van der Waals surface area contributed by atoms with Crippen molar-refractivity contribution in [3.05, 3.63) is 12.2 Å². The van der Waals surface area contributed by atoms with Crippen LogP contribution < -0.4 is 0 Å². The first-order chi connectivity index (χ1) is 6.59. The SMILES string of the molecule is C=C(C(=O)OCCOCCO)C(C)O. The minimum atomic E-state index is -0.902. The molecule has 0 saturated carbocycles. The molecule has 14 heavy (non-hydrogen) atoms. The Bertz CT molecular complexity index is 188. The number of hydrogen-bond acceptors (Lipinski definition) is 5. The Balaban J connectivity index is 3.49. The number of aliphatic hydroxyl groups is 2. The molecule has 0 rings (SSSR count). The highest BCUT2D eigenvalue weighted by atomic mass is 16.6. The van der Waals surface area contributed by atoms with Gasteiger partial charge in [0.2, 0.25) is 0 Å². The highest BCUT2D eigenvalue weighted by Gasteiger charge is 2.12. The summed E-state index contributed by atoms with van der Waals surface area (Å²) in [6.07, 6.45) is -0.902. The lowest BCUT2D eigenvalue weighted by Gasteiger charge is -2.08. The molecule has 0 spiro atoms. The molecule has 5 heteroatoms. The predicted octanol–water partition coefficient (Wildman–Crippen LogP) is -0.525. The van der Waals surface area contributed by atoms with Crippen LogP contribution in [-0.2, 0) is 14.3 Å². The van der Waals surface area contributed by atoms with Gasteiger partial charge in [0.1, 0.15) is 6.61 Å². The standard InChI is InChI=1S/C9H16O5/c1-7(8(2)11)9(12)14-6-5-13-4-3-10/h8,10-11H,1,3-6H2,2H3. The van der Waals surface area contributed by atoms with Gasteiger partial charge < -0.3 is 19.7 Å². The third-order valence-corrected chi connectivity index (χ3v) is 1.46. The molecule has 2 N–H and O–H groups in total. The average Bonchev–Trinajstić information content (AvgIpc) is 2.16. The van der Waals surface area contributed by atoms with Crippen LogP contribution in [0.3, 0.4) is 0 Å². The van der Waals surface area contributed by atoms with E-state index in [4.69, 9.17) is 19.7 Å². The van der Waals surface area contributed by atoms with Crippen LogP contribution in [0.25, 0.3) is 0 Å². The molecule has 0 aliphatic rings. The third-order valence-electron chi connectivity index (χ3n) is 1.46. The molecule has 0 aromatic rings. The summed E-state index contributed by atoms with van der Waals surface area (Å²) in [5, 5.41) is 17.3. The van der Waals surface area contributed by atoms with Crippen LogP contribution in [0.5, 0.6) is 0 Å². The number of carbonyl (C=O) groups is 1. The zero-order valence-electron chi connectivity index (χ0n) is 8.23. The van der Waals surface area contributed by atoms with Gasteiger partial charge in [-0.3, -0.25) is 0 Å². The van der Waals surface area contributed by atoms with Gasteiger partial charge in [0.15, 0.2) is 0 Å². The molecule has 0 aromatic heterocycles. The van der Waals surface area contributed by atoms with Crippen molar-refractivity contribution in [2.24, 2.45) is 0 Å². The molecule has 0 aliphatic carbocycles. The Labute approximate surface area is 82.9 Å². The second-order valence-electron chi connectivity index (χ2n) is 2.67. The average molecular weight is 204 g/mol. The summed E-state index contributed by atoms with van der Waals surface area (Å²) in [6.45, 7) is 5.27. The second kappa shape index (κ2) is 7.49. The van der Waals surface area contributed by atoms with Crippen LogP contribution in [0, 0.1) is 0 Å². The van der Waals surface area contributed by atoms with Gasteiger partial charge in [0.05, 0.1) is 31.5 Å². The molecule has 1 unspecified atom stereocenters. The highest BCUT2D eigenvalue weighted by molar-refractivity contribution is 5.88. The summed E-state index contributed by atoms with van der Waals surface area (Å²) in [4.78, 5) is 11.0. The first-order valence-electron chi connectivity index (χ1n) is 4.32. The molecule has 0 fully saturated rings. The molecule has 0 aliphatic heterocycles. The topological polar surface area (TPSA) is 76.0 Å². The first-order valence-corrected chi connectivity index (χ1v) is 4.32. The number of ether oxygens (including phenoxy) is 2. The summed E-state index contributed by atoms with van der Waals surface area (Å²) < 4.78 is 9.56. The molecule has 0 bridgehead atoms. The second-order valence-corrected chi connectivity index (χ2v) is 2.67. The fraction of sp³-hybridized carbons (Fsp3) is 0.667. The summed E-state index contributed by atoms with van der Waals surface area (Å²) >= 11 is 0. The van der Waals surface area contributed by atoms with Crippen molar-refractivity contribution in [1.29, 1.82) is 0 Å². The van der Waals surface area contributed by atoms with Crippen molar-refractivity contribution in [2.45, 2.75) is 13.0 Å². The maximum absolute atomic E-state index is 11.0. The Hall–Kier alpha value is -0.910. The van der Waals surface area contributed by atoms with E-state index in [2.05, 4.69) is 6.58 Å². The quantitative estimate of drug-likeness (QED) is 0.331. The van der Waals surface area contributed by atoms with Crippen molar-refractivity contribution < 1.29 is 24.5 Å². The van der Waals surface area contributed by atoms with Gasteiger partial charge in [0.25, 0.3) is 0 Å². The number of carbonyl (C=O) groups excluding carboxylic acids is 1. The monoisotopic (exact) mass is 204 g/mol. The number of hydrogen-bond donors (Lipinski definition) is 2. The molecular formula is C9H16O5. The largest absolute Gasteiger partial charge is 0.460 e. The Morgan fingerprint density at radius 1 is 1.43 bits per heavy atom. The molecule has 1 atom stereocenters. The lowest BCUT2D eigenvalue weighted by molar-refractivity contribution is -0.141. The van der Waals surface area contributed by atoms with E-state index in [0.29, 0.717) is 0 Å². The molecule has 0 heterocycles. The Kier molecular flexibility index (Phi) is 7.00. The van der Waals surface area contributed by atoms with Crippen LogP contribution in [-0.4, -0.2) is 48.7 Å². The van der Waals surface area contributed by atoms with Gasteiger partial charge >= 0.3 is 5.97 Å². The Morgan fingerprint density at radius 2 is 2.07 bits per heavy atom. The van der Waals surface area contributed by atoms with Crippen molar-refractivity contribution in [3.63, 3.8) is 0 Å². The van der Waals surface area contributed by atoms with Crippen LogP contribution >= 0.6 is 0 Å². The summed E-state index contributed by atoms with van der Waals surface area (Å²) in [5.74, 6) is -0.632. The van der Waals surface area contributed by atoms with E-state index in [1.165, 1.54) is 6.92 Å². The van der Waals surface area contributed by atoms with Gasteiger partial charge in [-0.05, 0) is 6.92 Å². The lowest BCUT2D eigenvalue weighted by Crippen LogP contribution is -2.18. The fourth-order valence-electron chi connectivity index (χ4n) is 0.623. The van der Waals surface area contributed by atoms with E-state index in [-0.39, 0.29) is 32.0 Å². The van der Waals surface area contributed by atoms with Gasteiger partial charge in [-0.25, -0.2) is 4.79 Å². The fourth-order valence-corrected chi connectivity index (χ4v) is 0.623. The Morgan fingerprint density at radius 3 is 2.57 bits per heavy atom. The number of rotatable bonds is 7. The van der Waals surface area contributed by atoms with E-state index < -0.39 is 12.1 Å². The summed E-state index contributed by atoms with van der Waals surface area (Å²) in [6, 6.07) is 0. The molecular weight excluding hydrogens is 188 g/mol. The van der Waals surface area contributed by atoms with Gasteiger partial charge in [-0.15, -0.1) is 0 Å². The van der Waals surface area contributed by atoms with Crippen LogP contribution in [0.15, 0.2) is 12.2 Å². The molecule has 5 nitrogen and oxygen atoms in total. The van der Waals surface area contributed by atoms with Crippen molar-refractivity contribution in [1.82, 2.24) is 0 Å². The summed E-state index contributed by atoms with van der Waals surface area (Å²) in [7, 11) is 0. The van der Waals surface area contributed by atoms with E-state index >= 15 is 0 Å². The molecule has 0 saturated heterocycles. The zero-order chi connectivity index (χ0) is 11.0. The van der Waals surface area contributed by atoms with E-state index in [1.54, 1.807) is 0 Å². The number of aliphatic hydroxyl groups excluding tert-OH is 2. The normalized spacial score (nSPS) is 12.2. The third kappa shape index (κ3) is 5.69. The number of esters is 1. The zero-order valence-corrected chi connectivity index (χ0v) is 8.23. The van der Waals surface area contributed by atoms with E-state index in [1.807, 2.05) is 0 Å². The van der Waals surface area contributed by atoms with Crippen LogP contribution in [0.2, 0.25) is 0 Å². The maximum Gasteiger partial charge on any atom is 0.336 e. The predicted molar refractivity (Wildman–Crippen MR) is 49.7 cm³/mol. The minimum Gasteiger partial charge on any atom is -0.460 e. The first kappa shape index (κ1) is 13.1. The summed E-state index contributed by atoms with van der Waals surface area (Å²) in [5.41, 5.74) is 0.0205. The van der Waals surface area contributed by atoms with E-state index in [0.717, 1.165) is 0 Å². The molecule has 0 aromatic carbocycles. The lowest BCUT2D eigenvalue weighted by atomic mass is 10.2. The molecule has 0 amide bonds. The van der Waals surface area contributed by atoms with Gasteiger partial charge in [0, 0.05) is 0 Å². The molecule has 0 radical (unpaired) electrons. The smallest absolute Gasteiger partial charge is 0.336 e. The van der Waals surface area contributed by atoms with Gasteiger partial charge in [-0.1, -0.05) is 6.58 Å². The van der Waals surface area contributed by atoms with Crippen LogP contribution in [0.4, 0.5) is 0 Å². The van der Waals surface area contributed by atoms with Crippen LogP contribution in [0.1, 0.15) is 6.92 Å². The van der Waals surface area contributed by atoms with Crippen molar-refractivity contribution >= 4 is 5.97 Å². The molecule has 82 valence electrons. The van der Waals surface area contributed by atoms with Crippen molar-refractivity contribution in [3.8, 4) is 0 Å². The van der Waals surface area contributed by atoms with Crippen molar-refractivity contribution in [2.75, 3.05) is 26.4 Å². The van der Waals surface area contributed by atoms with Gasteiger partial charge in [-0.2, -0.15) is 0 Å². The highest BCUT2D eigenvalue weighted by Crippen LogP contribution is 2.00. The van der Waals surface area contributed by atoms with E-state index in [9.17, 15) is 4.79 Å². The maximum atomic E-state index is 11.0.